The maximum Gasteiger partial charge on any atom is 0.328 e. The van der Waals surface area contributed by atoms with E-state index >= 15 is 0 Å². The highest BCUT2D eigenvalue weighted by Gasteiger charge is 2.36. The number of carbonyl (C=O) groups excluding carboxylic acids is 3. The number of halogens is 1. The van der Waals surface area contributed by atoms with Crippen LogP contribution in [0.4, 0.5) is 10.5 Å². The molecule has 0 radical (unpaired) electrons. The lowest BCUT2D eigenvalue weighted by Crippen LogP contribution is -2.36. The van der Waals surface area contributed by atoms with Crippen molar-refractivity contribution >= 4 is 63.2 Å². The number of hydrogen-bond acceptors (Lipinski definition) is 5. The SMILES string of the molecule is Cc1ccc(Cl)cc1NC(=O)CN1C(=O)S/C(=C\c2ccc3c(c2)n(C)c(=O)n3C)C1=O. The van der Waals surface area contributed by atoms with Crippen LogP contribution in [0.25, 0.3) is 17.1 Å². The van der Waals surface area contributed by atoms with Crippen LogP contribution in [-0.4, -0.2) is 37.6 Å². The number of anilines is 1. The molecular weight excluding hydrogens is 452 g/mol. The van der Waals surface area contributed by atoms with E-state index in [0.717, 1.165) is 27.7 Å². The second-order valence-corrected chi connectivity index (χ2v) is 8.85. The topological polar surface area (TPSA) is 93.4 Å². The minimum absolute atomic E-state index is 0.154. The van der Waals surface area contributed by atoms with Gasteiger partial charge in [0, 0.05) is 24.8 Å². The molecule has 1 aliphatic rings. The Morgan fingerprint density at radius 1 is 1.06 bits per heavy atom. The maximum absolute atomic E-state index is 12.8. The van der Waals surface area contributed by atoms with Crippen LogP contribution in [0.15, 0.2) is 46.1 Å². The van der Waals surface area contributed by atoms with Crippen molar-refractivity contribution < 1.29 is 14.4 Å². The van der Waals surface area contributed by atoms with Crippen molar-refractivity contribution in [2.75, 3.05) is 11.9 Å². The van der Waals surface area contributed by atoms with Crippen molar-refractivity contribution in [1.29, 1.82) is 0 Å². The van der Waals surface area contributed by atoms with Crippen LogP contribution >= 0.6 is 23.4 Å². The van der Waals surface area contributed by atoms with Gasteiger partial charge >= 0.3 is 5.69 Å². The Morgan fingerprint density at radius 3 is 2.53 bits per heavy atom. The molecule has 0 saturated carbocycles. The maximum atomic E-state index is 12.8. The molecule has 164 valence electrons. The number of fused-ring (bicyclic) bond motifs is 1. The molecule has 1 fully saturated rings. The van der Waals surface area contributed by atoms with Gasteiger partial charge in [-0.05, 0) is 60.2 Å². The number of nitrogens with zero attached hydrogens (tertiary/aromatic N) is 3. The summed E-state index contributed by atoms with van der Waals surface area (Å²) in [5.74, 6) is -1.04. The number of imide groups is 1. The normalized spacial score (nSPS) is 15.2. The Bertz CT molecular complexity index is 1390. The van der Waals surface area contributed by atoms with Crippen molar-refractivity contribution in [2.45, 2.75) is 6.92 Å². The number of imidazole rings is 1. The molecule has 0 atom stereocenters. The molecule has 0 spiro atoms. The molecule has 4 rings (SSSR count). The van der Waals surface area contributed by atoms with Crippen molar-refractivity contribution in [3.05, 3.63) is 67.9 Å². The van der Waals surface area contributed by atoms with E-state index in [0.29, 0.717) is 21.8 Å². The predicted octanol–water partition coefficient (Wildman–Crippen LogP) is 3.51. The summed E-state index contributed by atoms with van der Waals surface area (Å²) in [5.41, 5.74) is 3.31. The highest BCUT2D eigenvalue weighted by Crippen LogP contribution is 2.32. The molecular formula is C22H19ClN4O4S. The Balaban J connectivity index is 1.53. The van der Waals surface area contributed by atoms with E-state index in [9.17, 15) is 19.2 Å². The summed E-state index contributed by atoms with van der Waals surface area (Å²) in [5, 5.41) is 2.63. The summed E-state index contributed by atoms with van der Waals surface area (Å²) in [7, 11) is 3.36. The van der Waals surface area contributed by atoms with Crippen molar-refractivity contribution in [2.24, 2.45) is 14.1 Å². The average molecular weight is 471 g/mol. The largest absolute Gasteiger partial charge is 0.328 e. The van der Waals surface area contributed by atoms with Crippen LogP contribution in [0.2, 0.25) is 5.02 Å². The summed E-state index contributed by atoms with van der Waals surface area (Å²) < 4.78 is 3.05. The minimum Gasteiger partial charge on any atom is -0.324 e. The summed E-state index contributed by atoms with van der Waals surface area (Å²) in [4.78, 5) is 50.8. The molecule has 0 aliphatic carbocycles. The molecule has 1 saturated heterocycles. The fourth-order valence-electron chi connectivity index (χ4n) is 3.46. The van der Waals surface area contributed by atoms with E-state index in [4.69, 9.17) is 11.6 Å². The van der Waals surface area contributed by atoms with E-state index in [1.807, 2.05) is 6.92 Å². The first-order valence-electron chi connectivity index (χ1n) is 9.62. The second kappa shape index (κ2) is 8.33. The van der Waals surface area contributed by atoms with E-state index in [2.05, 4.69) is 5.32 Å². The van der Waals surface area contributed by atoms with E-state index in [1.54, 1.807) is 56.6 Å². The molecule has 3 aromatic rings. The predicted molar refractivity (Wildman–Crippen MR) is 126 cm³/mol. The first kappa shape index (κ1) is 21.9. The quantitative estimate of drug-likeness (QED) is 0.589. The van der Waals surface area contributed by atoms with Crippen LogP contribution in [0.5, 0.6) is 0 Å². The first-order valence-corrected chi connectivity index (χ1v) is 10.8. The molecule has 0 bridgehead atoms. The Labute approximate surface area is 192 Å². The monoisotopic (exact) mass is 470 g/mol. The van der Waals surface area contributed by atoms with Crippen LogP contribution in [0.3, 0.4) is 0 Å². The number of carbonyl (C=O) groups is 3. The average Bonchev–Trinajstić information content (AvgIpc) is 3.13. The summed E-state index contributed by atoms with van der Waals surface area (Å²) in [6, 6.07) is 10.4. The molecule has 10 heteroatoms. The van der Waals surface area contributed by atoms with Gasteiger partial charge < -0.3 is 5.32 Å². The Kier molecular flexibility index (Phi) is 5.70. The van der Waals surface area contributed by atoms with Gasteiger partial charge in [-0.1, -0.05) is 23.7 Å². The number of benzene rings is 2. The van der Waals surface area contributed by atoms with Crippen molar-refractivity contribution in [3.63, 3.8) is 0 Å². The minimum atomic E-state index is -0.542. The highest BCUT2D eigenvalue weighted by atomic mass is 35.5. The number of rotatable bonds is 4. The molecule has 1 N–H and O–H groups in total. The van der Waals surface area contributed by atoms with E-state index in [-0.39, 0.29) is 10.6 Å². The van der Waals surface area contributed by atoms with Crippen molar-refractivity contribution in [1.82, 2.24) is 14.0 Å². The molecule has 0 unspecified atom stereocenters. The lowest BCUT2D eigenvalue weighted by Gasteiger charge is -2.13. The molecule has 1 aliphatic heterocycles. The molecule has 32 heavy (non-hydrogen) atoms. The Hall–Kier alpha value is -3.30. The second-order valence-electron chi connectivity index (χ2n) is 7.42. The van der Waals surface area contributed by atoms with Gasteiger partial charge in [0.25, 0.3) is 11.1 Å². The van der Waals surface area contributed by atoms with Crippen LogP contribution in [0.1, 0.15) is 11.1 Å². The lowest BCUT2D eigenvalue weighted by molar-refractivity contribution is -0.127. The van der Waals surface area contributed by atoms with Crippen LogP contribution in [-0.2, 0) is 23.7 Å². The molecule has 8 nitrogen and oxygen atoms in total. The van der Waals surface area contributed by atoms with Gasteiger partial charge in [0.2, 0.25) is 5.91 Å². The number of amides is 3. The highest BCUT2D eigenvalue weighted by molar-refractivity contribution is 8.18. The molecule has 2 heterocycles. The zero-order valence-electron chi connectivity index (χ0n) is 17.5. The third-order valence-corrected chi connectivity index (χ3v) is 6.39. The van der Waals surface area contributed by atoms with Gasteiger partial charge in [0.1, 0.15) is 6.54 Å². The zero-order valence-corrected chi connectivity index (χ0v) is 19.1. The first-order chi connectivity index (χ1) is 15.2. The fraction of sp³-hybridized carbons (Fsp3) is 0.182. The van der Waals surface area contributed by atoms with E-state index < -0.39 is 23.6 Å². The van der Waals surface area contributed by atoms with Crippen LogP contribution in [0, 0.1) is 6.92 Å². The Morgan fingerprint density at radius 2 is 1.78 bits per heavy atom. The zero-order chi connectivity index (χ0) is 23.2. The van der Waals surface area contributed by atoms with Gasteiger partial charge in [-0.3, -0.25) is 28.4 Å². The lowest BCUT2D eigenvalue weighted by atomic mass is 10.2. The third kappa shape index (κ3) is 3.96. The van der Waals surface area contributed by atoms with Gasteiger partial charge in [-0.25, -0.2) is 4.79 Å². The summed E-state index contributed by atoms with van der Waals surface area (Å²) in [6.07, 6.45) is 1.58. The van der Waals surface area contributed by atoms with Gasteiger partial charge in [-0.2, -0.15) is 0 Å². The number of aromatic nitrogens is 2. The van der Waals surface area contributed by atoms with Gasteiger partial charge in [0.05, 0.1) is 15.9 Å². The number of nitrogens with one attached hydrogen (secondary N) is 1. The molecule has 1 aromatic heterocycles. The number of aryl methyl sites for hydroxylation is 3. The third-order valence-electron chi connectivity index (χ3n) is 5.24. The summed E-state index contributed by atoms with van der Waals surface area (Å²) >= 11 is 6.74. The smallest absolute Gasteiger partial charge is 0.324 e. The molecule has 3 amide bonds. The standard InChI is InChI=1S/C22H19ClN4O4S/c1-12-4-6-14(23)10-15(12)24-19(28)11-27-20(29)18(32-22(27)31)9-13-5-7-16-17(8-13)26(3)21(30)25(16)2/h4-10H,11H2,1-3H3,(H,24,28)/b18-9-. The van der Waals surface area contributed by atoms with Crippen LogP contribution < -0.4 is 11.0 Å². The number of thioether (sulfide) groups is 1. The van der Waals surface area contributed by atoms with Gasteiger partial charge in [0.15, 0.2) is 0 Å². The fourth-order valence-corrected chi connectivity index (χ4v) is 4.47. The summed E-state index contributed by atoms with van der Waals surface area (Å²) in [6.45, 7) is 1.41. The molecule has 2 aromatic carbocycles. The van der Waals surface area contributed by atoms with Crippen molar-refractivity contribution in [3.8, 4) is 0 Å². The van der Waals surface area contributed by atoms with Gasteiger partial charge in [-0.15, -0.1) is 0 Å². The number of hydrogen-bond donors (Lipinski definition) is 1. The van der Waals surface area contributed by atoms with E-state index in [1.165, 1.54) is 9.13 Å².